The van der Waals surface area contributed by atoms with Crippen LogP contribution in [0.5, 0.6) is 0 Å². The van der Waals surface area contributed by atoms with Crippen molar-refractivity contribution >= 4 is 11.7 Å². The van der Waals surface area contributed by atoms with Crippen molar-refractivity contribution in [3.05, 3.63) is 29.8 Å². The summed E-state index contributed by atoms with van der Waals surface area (Å²) in [6.45, 7) is 4.54. The van der Waals surface area contributed by atoms with Crippen LogP contribution >= 0.6 is 0 Å². The van der Waals surface area contributed by atoms with Crippen LogP contribution in [0.3, 0.4) is 0 Å². The van der Waals surface area contributed by atoms with Crippen molar-refractivity contribution in [3.8, 4) is 0 Å². The fourth-order valence-electron chi connectivity index (χ4n) is 2.90. The van der Waals surface area contributed by atoms with E-state index in [4.69, 9.17) is 5.11 Å². The van der Waals surface area contributed by atoms with Crippen molar-refractivity contribution in [3.63, 3.8) is 0 Å². The summed E-state index contributed by atoms with van der Waals surface area (Å²) in [6, 6.07) is 8.75. The van der Waals surface area contributed by atoms with Crippen LogP contribution < -0.4 is 5.32 Å². The maximum absolute atomic E-state index is 10.6. The van der Waals surface area contributed by atoms with Crippen LogP contribution in [0.25, 0.3) is 0 Å². The molecule has 0 saturated heterocycles. The SMILES string of the molecule is CCCC(Nc1cccc(CCC(=O)O)c1)C1CC1C. The molecule has 3 atom stereocenters. The average Bonchev–Trinajstić information content (AvgIpc) is 3.13. The van der Waals surface area contributed by atoms with Gasteiger partial charge in [-0.25, -0.2) is 0 Å². The van der Waals surface area contributed by atoms with E-state index < -0.39 is 5.97 Å². The molecule has 2 N–H and O–H groups in total. The molecular formula is C17H25NO2. The van der Waals surface area contributed by atoms with Crippen molar-refractivity contribution in [2.24, 2.45) is 11.8 Å². The Balaban J connectivity index is 1.96. The highest BCUT2D eigenvalue weighted by Gasteiger charge is 2.38. The van der Waals surface area contributed by atoms with Gasteiger partial charge in [-0.2, -0.15) is 0 Å². The van der Waals surface area contributed by atoms with Gasteiger partial charge in [-0.3, -0.25) is 4.79 Å². The fourth-order valence-corrected chi connectivity index (χ4v) is 2.90. The number of aliphatic carboxylic acids is 1. The van der Waals surface area contributed by atoms with Gasteiger partial charge in [-0.1, -0.05) is 32.4 Å². The minimum absolute atomic E-state index is 0.196. The van der Waals surface area contributed by atoms with E-state index in [9.17, 15) is 4.79 Å². The van der Waals surface area contributed by atoms with Gasteiger partial charge in [-0.05, 0) is 48.8 Å². The van der Waals surface area contributed by atoms with Crippen LogP contribution in [0.1, 0.15) is 45.1 Å². The minimum atomic E-state index is -0.737. The van der Waals surface area contributed by atoms with Gasteiger partial charge in [0.2, 0.25) is 0 Å². The van der Waals surface area contributed by atoms with Crippen molar-refractivity contribution in [1.29, 1.82) is 0 Å². The average molecular weight is 275 g/mol. The standard InChI is InChI=1S/C17H25NO2/c1-3-5-16(15-10-12(15)2)18-14-7-4-6-13(11-14)8-9-17(19)20/h4,6-7,11-12,15-16,18H,3,5,8-10H2,1-2H3,(H,19,20). The second-order valence-corrected chi connectivity index (χ2v) is 6.01. The number of carboxylic acids is 1. The Bertz CT molecular complexity index is 458. The topological polar surface area (TPSA) is 49.3 Å². The van der Waals surface area contributed by atoms with Crippen LogP contribution in [0, 0.1) is 11.8 Å². The molecule has 0 bridgehead atoms. The van der Waals surface area contributed by atoms with Gasteiger partial charge in [0, 0.05) is 18.2 Å². The summed E-state index contributed by atoms with van der Waals surface area (Å²) in [6.07, 6.45) is 4.52. The molecule has 2 rings (SSSR count). The summed E-state index contributed by atoms with van der Waals surface area (Å²) >= 11 is 0. The van der Waals surface area contributed by atoms with E-state index >= 15 is 0 Å². The summed E-state index contributed by atoms with van der Waals surface area (Å²) in [4.78, 5) is 10.6. The third-order valence-corrected chi connectivity index (χ3v) is 4.19. The number of nitrogens with one attached hydrogen (secondary N) is 1. The molecule has 0 aliphatic heterocycles. The number of hydrogen-bond acceptors (Lipinski definition) is 2. The van der Waals surface area contributed by atoms with Crippen molar-refractivity contribution in [2.45, 2.75) is 52.0 Å². The summed E-state index contributed by atoms with van der Waals surface area (Å²) in [5.41, 5.74) is 2.22. The molecule has 1 aliphatic rings. The Morgan fingerprint density at radius 1 is 1.50 bits per heavy atom. The molecule has 3 heteroatoms. The van der Waals surface area contributed by atoms with E-state index in [1.165, 1.54) is 19.3 Å². The first-order valence-corrected chi connectivity index (χ1v) is 7.67. The highest BCUT2D eigenvalue weighted by atomic mass is 16.4. The van der Waals surface area contributed by atoms with Crippen LogP contribution in [0.15, 0.2) is 24.3 Å². The number of anilines is 1. The number of benzene rings is 1. The van der Waals surface area contributed by atoms with Gasteiger partial charge in [0.05, 0.1) is 0 Å². The maximum atomic E-state index is 10.6. The Morgan fingerprint density at radius 2 is 2.25 bits per heavy atom. The maximum Gasteiger partial charge on any atom is 0.303 e. The van der Waals surface area contributed by atoms with Crippen LogP contribution in [0.4, 0.5) is 5.69 Å². The number of carbonyl (C=O) groups is 1. The summed E-state index contributed by atoms with van der Waals surface area (Å²) in [7, 11) is 0. The molecule has 1 saturated carbocycles. The lowest BCUT2D eigenvalue weighted by Crippen LogP contribution is -2.22. The number of rotatable bonds is 8. The second kappa shape index (κ2) is 6.78. The zero-order chi connectivity index (χ0) is 14.5. The Kier molecular flexibility index (Phi) is 5.05. The largest absolute Gasteiger partial charge is 0.481 e. The fraction of sp³-hybridized carbons (Fsp3) is 0.588. The first-order valence-electron chi connectivity index (χ1n) is 7.67. The smallest absolute Gasteiger partial charge is 0.303 e. The summed E-state index contributed by atoms with van der Waals surface area (Å²) in [5, 5.41) is 12.4. The third kappa shape index (κ3) is 4.26. The number of hydrogen-bond donors (Lipinski definition) is 2. The van der Waals surface area contributed by atoms with Crippen LogP contribution in [-0.4, -0.2) is 17.1 Å². The van der Waals surface area contributed by atoms with E-state index in [1.807, 2.05) is 12.1 Å². The van der Waals surface area contributed by atoms with Crippen LogP contribution in [-0.2, 0) is 11.2 Å². The van der Waals surface area contributed by atoms with Gasteiger partial charge in [0.1, 0.15) is 0 Å². The molecule has 0 aromatic heterocycles. The Hall–Kier alpha value is -1.51. The van der Waals surface area contributed by atoms with E-state index in [-0.39, 0.29) is 6.42 Å². The van der Waals surface area contributed by atoms with Gasteiger partial charge >= 0.3 is 5.97 Å². The van der Waals surface area contributed by atoms with Gasteiger partial charge in [0.15, 0.2) is 0 Å². The zero-order valence-corrected chi connectivity index (χ0v) is 12.4. The van der Waals surface area contributed by atoms with Gasteiger partial charge in [0.25, 0.3) is 0 Å². The molecule has 1 aromatic rings. The van der Waals surface area contributed by atoms with Crippen molar-refractivity contribution in [1.82, 2.24) is 0 Å². The number of aryl methyl sites for hydroxylation is 1. The molecule has 0 amide bonds. The summed E-state index contributed by atoms with van der Waals surface area (Å²) in [5.74, 6) is 0.908. The monoisotopic (exact) mass is 275 g/mol. The third-order valence-electron chi connectivity index (χ3n) is 4.19. The molecule has 1 aliphatic carbocycles. The van der Waals surface area contributed by atoms with E-state index in [2.05, 4.69) is 31.3 Å². The first kappa shape index (κ1) is 14.9. The van der Waals surface area contributed by atoms with E-state index in [0.29, 0.717) is 12.5 Å². The van der Waals surface area contributed by atoms with E-state index in [0.717, 1.165) is 23.1 Å². The lowest BCUT2D eigenvalue weighted by Gasteiger charge is -2.20. The predicted molar refractivity (Wildman–Crippen MR) is 82.0 cm³/mol. The van der Waals surface area contributed by atoms with E-state index in [1.54, 1.807) is 0 Å². The Morgan fingerprint density at radius 3 is 2.85 bits per heavy atom. The molecule has 110 valence electrons. The van der Waals surface area contributed by atoms with Crippen molar-refractivity contribution < 1.29 is 9.90 Å². The highest BCUT2D eigenvalue weighted by molar-refractivity contribution is 5.67. The van der Waals surface area contributed by atoms with Gasteiger partial charge < -0.3 is 10.4 Å². The molecule has 1 fully saturated rings. The lowest BCUT2D eigenvalue weighted by atomic mass is 10.0. The first-order chi connectivity index (χ1) is 9.60. The lowest BCUT2D eigenvalue weighted by molar-refractivity contribution is -0.136. The Labute approximate surface area is 121 Å². The zero-order valence-electron chi connectivity index (χ0n) is 12.4. The quantitative estimate of drug-likeness (QED) is 0.755. The molecule has 0 radical (unpaired) electrons. The van der Waals surface area contributed by atoms with Gasteiger partial charge in [-0.15, -0.1) is 0 Å². The molecule has 1 aromatic carbocycles. The molecular weight excluding hydrogens is 250 g/mol. The minimum Gasteiger partial charge on any atom is -0.481 e. The number of carboxylic acid groups (broad SMARTS) is 1. The molecule has 0 heterocycles. The predicted octanol–water partition coefficient (Wildman–Crippen LogP) is 3.94. The van der Waals surface area contributed by atoms with Crippen LogP contribution in [0.2, 0.25) is 0 Å². The molecule has 0 spiro atoms. The second-order valence-electron chi connectivity index (χ2n) is 6.01. The normalized spacial score (nSPS) is 22.3. The van der Waals surface area contributed by atoms with Crippen molar-refractivity contribution in [2.75, 3.05) is 5.32 Å². The highest BCUT2D eigenvalue weighted by Crippen LogP contribution is 2.43. The molecule has 20 heavy (non-hydrogen) atoms. The molecule has 3 unspecified atom stereocenters. The summed E-state index contributed by atoms with van der Waals surface area (Å²) < 4.78 is 0. The molecule has 3 nitrogen and oxygen atoms in total.